The van der Waals surface area contributed by atoms with Crippen molar-refractivity contribution in [3.63, 3.8) is 0 Å². The van der Waals surface area contributed by atoms with Gasteiger partial charge < -0.3 is 4.90 Å². The summed E-state index contributed by atoms with van der Waals surface area (Å²) >= 11 is 0. The van der Waals surface area contributed by atoms with Gasteiger partial charge in [0.1, 0.15) is 0 Å². The third-order valence-corrected chi connectivity index (χ3v) is 2.09. The Kier molecular flexibility index (Phi) is 3.76. The fourth-order valence-corrected chi connectivity index (χ4v) is 1.42. The Morgan fingerprint density at radius 1 is 1.20 bits per heavy atom. The summed E-state index contributed by atoms with van der Waals surface area (Å²) in [6.07, 6.45) is 4.22. The quantitative estimate of drug-likeness (QED) is 0.565. The van der Waals surface area contributed by atoms with Crippen molar-refractivity contribution in [2.24, 2.45) is 0 Å². The zero-order valence-corrected chi connectivity index (χ0v) is 6.84. The van der Waals surface area contributed by atoms with E-state index in [2.05, 4.69) is 10.2 Å². The van der Waals surface area contributed by atoms with Crippen LogP contribution in [-0.2, 0) is 0 Å². The van der Waals surface area contributed by atoms with Crippen LogP contribution < -0.4 is 5.32 Å². The molecule has 0 saturated carbocycles. The molecular formula is C8H17N2. The van der Waals surface area contributed by atoms with Gasteiger partial charge in [0.15, 0.2) is 0 Å². The first-order valence-electron chi connectivity index (χ1n) is 4.21. The van der Waals surface area contributed by atoms with Crippen LogP contribution >= 0.6 is 0 Å². The molecule has 10 heavy (non-hydrogen) atoms. The molecule has 2 heteroatoms. The van der Waals surface area contributed by atoms with E-state index in [9.17, 15) is 0 Å². The molecule has 0 atom stereocenters. The molecule has 2 nitrogen and oxygen atoms in total. The first-order chi connectivity index (χ1) is 4.93. The van der Waals surface area contributed by atoms with E-state index < -0.39 is 0 Å². The van der Waals surface area contributed by atoms with Crippen LogP contribution in [0.15, 0.2) is 0 Å². The number of hydrogen-bond donors (Lipinski definition) is 0. The minimum Gasteiger partial charge on any atom is -0.302 e. The maximum absolute atomic E-state index is 4.09. The van der Waals surface area contributed by atoms with Crippen molar-refractivity contribution in [2.45, 2.75) is 19.3 Å². The van der Waals surface area contributed by atoms with Gasteiger partial charge in [0.05, 0.1) is 0 Å². The van der Waals surface area contributed by atoms with Crippen LogP contribution in [-0.4, -0.2) is 38.1 Å². The topological polar surface area (TPSA) is 17.3 Å². The Balaban J connectivity index is 2.02. The highest BCUT2D eigenvalue weighted by Gasteiger charge is 2.07. The largest absolute Gasteiger partial charge is 0.302 e. The summed E-state index contributed by atoms with van der Waals surface area (Å²) in [5, 5.41) is 4.09. The minimum atomic E-state index is 1.01. The Bertz CT molecular complexity index is 77.3. The Morgan fingerprint density at radius 3 is 2.50 bits per heavy atom. The number of likely N-dealkylation sites (tertiary alicyclic amines) is 1. The molecule has 1 rings (SSSR count). The van der Waals surface area contributed by atoms with E-state index in [0.717, 1.165) is 6.54 Å². The van der Waals surface area contributed by atoms with Gasteiger partial charge in [-0.05, 0) is 25.9 Å². The molecule has 1 saturated heterocycles. The average Bonchev–Trinajstić information content (AvgIpc) is 2.03. The summed E-state index contributed by atoms with van der Waals surface area (Å²) in [7, 11) is 1.89. The standard InChI is InChI=1S/C8H17N2/c1-9-5-8-10-6-3-2-4-7-10/h2-8H2,1H3. The highest BCUT2D eigenvalue weighted by Crippen LogP contribution is 2.06. The molecule has 0 bridgehead atoms. The molecule has 59 valence electrons. The first-order valence-corrected chi connectivity index (χ1v) is 4.21. The lowest BCUT2D eigenvalue weighted by Crippen LogP contribution is -2.33. The predicted molar refractivity (Wildman–Crippen MR) is 43.2 cm³/mol. The fraction of sp³-hybridized carbons (Fsp3) is 1.00. The number of likely N-dealkylation sites (N-methyl/N-ethyl adjacent to an activating group) is 1. The second-order valence-corrected chi connectivity index (χ2v) is 2.94. The third-order valence-electron chi connectivity index (χ3n) is 2.09. The van der Waals surface area contributed by atoms with E-state index in [-0.39, 0.29) is 0 Å². The first kappa shape index (κ1) is 8.02. The number of hydrogen-bond acceptors (Lipinski definition) is 1. The molecule has 1 radical (unpaired) electrons. The maximum atomic E-state index is 4.09. The Morgan fingerprint density at radius 2 is 1.90 bits per heavy atom. The molecule has 0 N–H and O–H groups in total. The molecule has 0 unspecified atom stereocenters. The average molecular weight is 141 g/mol. The van der Waals surface area contributed by atoms with E-state index in [1.165, 1.54) is 38.9 Å². The van der Waals surface area contributed by atoms with Crippen LogP contribution in [0.4, 0.5) is 0 Å². The van der Waals surface area contributed by atoms with E-state index >= 15 is 0 Å². The normalized spacial score (nSPS) is 21.3. The van der Waals surface area contributed by atoms with Gasteiger partial charge in [-0.15, -0.1) is 0 Å². The van der Waals surface area contributed by atoms with Gasteiger partial charge in [0, 0.05) is 20.1 Å². The summed E-state index contributed by atoms with van der Waals surface area (Å²) in [5.41, 5.74) is 0. The molecule has 0 aromatic rings. The Hall–Kier alpha value is -0.0800. The molecule has 0 aliphatic carbocycles. The molecule has 1 fully saturated rings. The smallest absolute Gasteiger partial charge is 0.0258 e. The van der Waals surface area contributed by atoms with Gasteiger partial charge >= 0.3 is 0 Å². The molecule has 0 aromatic heterocycles. The van der Waals surface area contributed by atoms with Gasteiger partial charge in [0.25, 0.3) is 0 Å². The van der Waals surface area contributed by atoms with E-state index in [1.807, 2.05) is 7.05 Å². The lowest BCUT2D eigenvalue weighted by Gasteiger charge is -2.25. The second-order valence-electron chi connectivity index (χ2n) is 2.94. The molecule has 0 amide bonds. The number of piperidine rings is 1. The third kappa shape index (κ3) is 2.67. The van der Waals surface area contributed by atoms with Crippen molar-refractivity contribution in [1.82, 2.24) is 10.2 Å². The van der Waals surface area contributed by atoms with Gasteiger partial charge in [-0.25, -0.2) is 5.32 Å². The van der Waals surface area contributed by atoms with Gasteiger partial charge in [-0.3, -0.25) is 0 Å². The van der Waals surface area contributed by atoms with E-state index in [4.69, 9.17) is 0 Å². The molecule has 1 heterocycles. The second kappa shape index (κ2) is 4.69. The SMILES string of the molecule is C[N]CCN1CCCCC1. The minimum absolute atomic E-state index is 1.01. The van der Waals surface area contributed by atoms with Crippen molar-refractivity contribution in [1.29, 1.82) is 0 Å². The monoisotopic (exact) mass is 141 g/mol. The molecular weight excluding hydrogens is 124 g/mol. The van der Waals surface area contributed by atoms with Crippen molar-refractivity contribution in [3.8, 4) is 0 Å². The summed E-state index contributed by atoms with van der Waals surface area (Å²) in [5.74, 6) is 0. The van der Waals surface area contributed by atoms with Crippen LogP contribution in [0, 0.1) is 0 Å². The van der Waals surface area contributed by atoms with E-state index in [1.54, 1.807) is 0 Å². The van der Waals surface area contributed by atoms with Gasteiger partial charge in [-0.2, -0.15) is 0 Å². The van der Waals surface area contributed by atoms with Crippen LogP contribution in [0.25, 0.3) is 0 Å². The van der Waals surface area contributed by atoms with Crippen LogP contribution in [0.3, 0.4) is 0 Å². The summed E-state index contributed by atoms with van der Waals surface area (Å²) in [6.45, 7) is 4.79. The van der Waals surface area contributed by atoms with Crippen molar-refractivity contribution in [2.75, 3.05) is 33.2 Å². The van der Waals surface area contributed by atoms with Crippen LogP contribution in [0.5, 0.6) is 0 Å². The molecule has 1 aliphatic heterocycles. The lowest BCUT2D eigenvalue weighted by molar-refractivity contribution is 0.230. The zero-order chi connectivity index (χ0) is 7.23. The van der Waals surface area contributed by atoms with E-state index in [0.29, 0.717) is 0 Å². The van der Waals surface area contributed by atoms with Gasteiger partial charge in [-0.1, -0.05) is 6.42 Å². The maximum Gasteiger partial charge on any atom is 0.0258 e. The molecule has 1 aliphatic rings. The number of nitrogens with zero attached hydrogens (tertiary/aromatic N) is 2. The van der Waals surface area contributed by atoms with Crippen molar-refractivity contribution in [3.05, 3.63) is 0 Å². The van der Waals surface area contributed by atoms with Gasteiger partial charge in [0.2, 0.25) is 0 Å². The highest BCUT2D eigenvalue weighted by atomic mass is 15.1. The van der Waals surface area contributed by atoms with Crippen molar-refractivity contribution >= 4 is 0 Å². The Labute approximate surface area is 63.6 Å². The van der Waals surface area contributed by atoms with Crippen LogP contribution in [0.2, 0.25) is 0 Å². The lowest BCUT2D eigenvalue weighted by atomic mass is 10.1. The molecule has 0 aromatic carbocycles. The molecule has 0 spiro atoms. The predicted octanol–water partition coefficient (Wildman–Crippen LogP) is 0.706. The summed E-state index contributed by atoms with van der Waals surface area (Å²) in [6, 6.07) is 0. The number of rotatable bonds is 3. The summed E-state index contributed by atoms with van der Waals surface area (Å²) in [4.78, 5) is 2.51. The summed E-state index contributed by atoms with van der Waals surface area (Å²) < 4.78 is 0. The van der Waals surface area contributed by atoms with Crippen LogP contribution in [0.1, 0.15) is 19.3 Å². The fourth-order valence-electron chi connectivity index (χ4n) is 1.42. The highest BCUT2D eigenvalue weighted by molar-refractivity contribution is 4.64. The van der Waals surface area contributed by atoms with Crippen molar-refractivity contribution < 1.29 is 0 Å². The zero-order valence-electron chi connectivity index (χ0n) is 6.84.